The van der Waals surface area contributed by atoms with Crippen molar-refractivity contribution in [2.24, 2.45) is 5.73 Å². The van der Waals surface area contributed by atoms with Crippen molar-refractivity contribution in [3.05, 3.63) is 35.4 Å². The molecule has 1 aromatic rings. The highest BCUT2D eigenvalue weighted by molar-refractivity contribution is 5.81. The summed E-state index contributed by atoms with van der Waals surface area (Å²) in [5, 5.41) is 0. The van der Waals surface area contributed by atoms with Crippen molar-refractivity contribution in [2.75, 3.05) is 33.2 Å². The van der Waals surface area contributed by atoms with Crippen molar-refractivity contribution in [1.29, 1.82) is 0 Å². The van der Waals surface area contributed by atoms with Gasteiger partial charge in [-0.25, -0.2) is 4.79 Å². The lowest BCUT2D eigenvalue weighted by atomic mass is 10.1. The Labute approximate surface area is 144 Å². The lowest BCUT2D eigenvalue weighted by Crippen LogP contribution is -2.47. The summed E-state index contributed by atoms with van der Waals surface area (Å²) in [5.41, 5.74) is 7.71. The summed E-state index contributed by atoms with van der Waals surface area (Å²) in [6.07, 6.45) is 0.835. The molecule has 1 aliphatic heterocycles. The van der Waals surface area contributed by atoms with Crippen molar-refractivity contribution >= 4 is 11.9 Å². The Bertz CT molecular complexity index is 590. The van der Waals surface area contributed by atoms with Gasteiger partial charge in [0.05, 0.1) is 6.04 Å². The van der Waals surface area contributed by atoms with E-state index in [1.165, 1.54) is 5.56 Å². The third-order valence-corrected chi connectivity index (χ3v) is 4.79. The van der Waals surface area contributed by atoms with E-state index in [0.717, 1.165) is 18.5 Å². The Morgan fingerprint density at radius 2 is 1.92 bits per heavy atom. The van der Waals surface area contributed by atoms with Gasteiger partial charge in [-0.1, -0.05) is 24.3 Å². The molecule has 24 heavy (non-hydrogen) atoms. The normalized spacial score (nSPS) is 17.2. The van der Waals surface area contributed by atoms with Crippen molar-refractivity contribution in [3.8, 4) is 0 Å². The van der Waals surface area contributed by atoms with Gasteiger partial charge in [0.1, 0.15) is 0 Å². The number of carbonyl (C=O) groups excluding carboxylic acids is 2. The first-order chi connectivity index (χ1) is 11.4. The summed E-state index contributed by atoms with van der Waals surface area (Å²) in [6, 6.07) is 7.53. The molecule has 2 N–H and O–H groups in total. The van der Waals surface area contributed by atoms with Gasteiger partial charge in [-0.2, -0.15) is 0 Å². The molecule has 1 aliphatic rings. The Morgan fingerprint density at radius 3 is 2.58 bits per heavy atom. The van der Waals surface area contributed by atoms with Gasteiger partial charge in [0.2, 0.25) is 5.91 Å². The first kappa shape index (κ1) is 18.3. The maximum absolute atomic E-state index is 12.8. The van der Waals surface area contributed by atoms with E-state index in [0.29, 0.717) is 26.2 Å². The van der Waals surface area contributed by atoms with Gasteiger partial charge >= 0.3 is 6.03 Å². The molecule has 6 nitrogen and oxygen atoms in total. The molecule has 0 bridgehead atoms. The van der Waals surface area contributed by atoms with Crippen LogP contribution in [-0.2, 0) is 11.3 Å². The average molecular weight is 332 g/mol. The largest absolute Gasteiger partial charge is 0.351 e. The summed E-state index contributed by atoms with van der Waals surface area (Å²) in [5.74, 6) is 0.103. The van der Waals surface area contributed by atoms with Crippen LogP contribution in [0, 0.1) is 6.92 Å². The second-order valence-corrected chi connectivity index (χ2v) is 6.51. The van der Waals surface area contributed by atoms with Gasteiger partial charge in [0, 0.05) is 39.8 Å². The molecule has 3 amide bonds. The Balaban J connectivity index is 1.95. The van der Waals surface area contributed by atoms with Crippen LogP contribution in [0.1, 0.15) is 24.5 Å². The van der Waals surface area contributed by atoms with E-state index in [1.54, 1.807) is 9.80 Å². The number of primary amides is 1. The maximum atomic E-state index is 12.8. The van der Waals surface area contributed by atoms with Gasteiger partial charge in [-0.3, -0.25) is 9.69 Å². The first-order valence-corrected chi connectivity index (χ1v) is 8.48. The van der Waals surface area contributed by atoms with E-state index in [2.05, 4.69) is 24.0 Å². The molecule has 1 fully saturated rings. The van der Waals surface area contributed by atoms with Crippen LogP contribution in [0.2, 0.25) is 0 Å². The van der Waals surface area contributed by atoms with Gasteiger partial charge in [-0.15, -0.1) is 0 Å². The number of nitrogens with two attached hydrogens (primary N) is 1. The van der Waals surface area contributed by atoms with Crippen LogP contribution in [0.15, 0.2) is 24.3 Å². The fourth-order valence-electron chi connectivity index (χ4n) is 3.14. The average Bonchev–Trinajstić information content (AvgIpc) is 2.81. The Morgan fingerprint density at radius 1 is 1.21 bits per heavy atom. The third kappa shape index (κ3) is 4.47. The van der Waals surface area contributed by atoms with E-state index in [9.17, 15) is 9.59 Å². The second kappa shape index (κ2) is 8.15. The summed E-state index contributed by atoms with van der Waals surface area (Å²) in [6.45, 7) is 7.32. The van der Waals surface area contributed by atoms with Crippen LogP contribution < -0.4 is 5.73 Å². The predicted octanol–water partition coefficient (Wildman–Crippen LogP) is 1.43. The SMILES string of the molecule is Cc1ccccc1CN(C)C(=O)C(C)N1CCCN(C(N)=O)CC1. The van der Waals surface area contributed by atoms with Crippen molar-refractivity contribution in [1.82, 2.24) is 14.7 Å². The molecule has 0 spiro atoms. The van der Waals surface area contributed by atoms with Crippen LogP contribution in [0.5, 0.6) is 0 Å². The summed E-state index contributed by atoms with van der Waals surface area (Å²) in [7, 11) is 1.85. The number of hydrogen-bond acceptors (Lipinski definition) is 3. The molecule has 1 atom stereocenters. The van der Waals surface area contributed by atoms with E-state index in [-0.39, 0.29) is 18.0 Å². The molecule has 0 saturated carbocycles. The number of carbonyl (C=O) groups is 2. The zero-order valence-corrected chi connectivity index (χ0v) is 14.9. The minimum atomic E-state index is -0.382. The lowest BCUT2D eigenvalue weighted by molar-refractivity contribution is -0.135. The standard InChI is InChI=1S/C18H28N4O2/c1-14-7-4-5-8-16(14)13-20(3)17(23)15(2)21-9-6-10-22(12-11-21)18(19)24/h4-5,7-8,15H,6,9-13H2,1-3H3,(H2,19,24). The van der Waals surface area contributed by atoms with Gasteiger partial charge in [-0.05, 0) is 31.4 Å². The van der Waals surface area contributed by atoms with E-state index in [1.807, 2.05) is 26.1 Å². The second-order valence-electron chi connectivity index (χ2n) is 6.51. The van der Waals surface area contributed by atoms with Gasteiger partial charge in [0.25, 0.3) is 0 Å². The monoisotopic (exact) mass is 332 g/mol. The molecule has 1 heterocycles. The van der Waals surface area contributed by atoms with Crippen molar-refractivity contribution < 1.29 is 9.59 Å². The Kier molecular flexibility index (Phi) is 6.20. The van der Waals surface area contributed by atoms with E-state index >= 15 is 0 Å². The number of urea groups is 1. The predicted molar refractivity (Wildman–Crippen MR) is 94.5 cm³/mol. The smallest absolute Gasteiger partial charge is 0.314 e. The van der Waals surface area contributed by atoms with Crippen LogP contribution in [-0.4, -0.2) is 65.9 Å². The summed E-state index contributed by atoms with van der Waals surface area (Å²) < 4.78 is 0. The highest BCUT2D eigenvalue weighted by Gasteiger charge is 2.27. The molecule has 1 unspecified atom stereocenters. The van der Waals surface area contributed by atoms with Crippen molar-refractivity contribution in [2.45, 2.75) is 32.9 Å². The number of benzene rings is 1. The number of aryl methyl sites for hydroxylation is 1. The van der Waals surface area contributed by atoms with Crippen LogP contribution >= 0.6 is 0 Å². The van der Waals surface area contributed by atoms with Crippen molar-refractivity contribution in [3.63, 3.8) is 0 Å². The first-order valence-electron chi connectivity index (χ1n) is 8.48. The number of hydrogen-bond donors (Lipinski definition) is 1. The molecule has 6 heteroatoms. The third-order valence-electron chi connectivity index (χ3n) is 4.79. The molecule has 0 aromatic heterocycles. The zero-order chi connectivity index (χ0) is 17.7. The maximum Gasteiger partial charge on any atom is 0.314 e. The highest BCUT2D eigenvalue weighted by Crippen LogP contribution is 2.13. The molecule has 1 aromatic carbocycles. The number of amides is 3. The highest BCUT2D eigenvalue weighted by atomic mass is 16.2. The van der Waals surface area contributed by atoms with Crippen LogP contribution in [0.25, 0.3) is 0 Å². The summed E-state index contributed by atoms with van der Waals surface area (Å²) >= 11 is 0. The molecule has 1 saturated heterocycles. The number of nitrogens with zero attached hydrogens (tertiary/aromatic N) is 3. The van der Waals surface area contributed by atoms with E-state index in [4.69, 9.17) is 5.73 Å². The molecular formula is C18H28N4O2. The zero-order valence-electron chi connectivity index (χ0n) is 14.9. The number of rotatable bonds is 4. The Hall–Kier alpha value is -2.08. The fourth-order valence-corrected chi connectivity index (χ4v) is 3.14. The number of likely N-dealkylation sites (N-methyl/N-ethyl adjacent to an activating group) is 1. The molecule has 0 radical (unpaired) electrons. The quantitative estimate of drug-likeness (QED) is 0.907. The van der Waals surface area contributed by atoms with Gasteiger partial charge < -0.3 is 15.5 Å². The summed E-state index contributed by atoms with van der Waals surface area (Å²) in [4.78, 5) is 29.6. The van der Waals surface area contributed by atoms with Crippen LogP contribution in [0.4, 0.5) is 4.79 Å². The van der Waals surface area contributed by atoms with Gasteiger partial charge in [0.15, 0.2) is 0 Å². The molecule has 0 aliphatic carbocycles. The molecule has 2 rings (SSSR count). The van der Waals surface area contributed by atoms with E-state index < -0.39 is 0 Å². The minimum Gasteiger partial charge on any atom is -0.351 e. The minimum absolute atomic E-state index is 0.103. The fraction of sp³-hybridized carbons (Fsp3) is 0.556. The molecular weight excluding hydrogens is 304 g/mol. The van der Waals surface area contributed by atoms with Crippen LogP contribution in [0.3, 0.4) is 0 Å². The lowest BCUT2D eigenvalue weighted by Gasteiger charge is -2.30. The topological polar surface area (TPSA) is 69.9 Å². The molecule has 132 valence electrons.